The van der Waals surface area contributed by atoms with E-state index in [0.717, 1.165) is 12.1 Å². The maximum atomic E-state index is 5.68. The van der Waals surface area contributed by atoms with Gasteiger partial charge < -0.3 is 15.5 Å². The second-order valence-electron chi connectivity index (χ2n) is 3.68. The molecule has 0 aliphatic heterocycles. The van der Waals surface area contributed by atoms with Gasteiger partial charge in [0.05, 0.1) is 6.54 Å². The number of nitrogen functional groups attached to an aromatic ring is 1. The quantitative estimate of drug-likeness (QED) is 0.696. The van der Waals surface area contributed by atoms with E-state index in [4.69, 9.17) is 10.2 Å². The van der Waals surface area contributed by atoms with Crippen molar-refractivity contribution in [2.75, 3.05) is 11.1 Å². The van der Waals surface area contributed by atoms with Gasteiger partial charge in [-0.15, -0.1) is 11.3 Å². The van der Waals surface area contributed by atoms with Crippen molar-refractivity contribution in [3.05, 3.63) is 40.6 Å². The van der Waals surface area contributed by atoms with Gasteiger partial charge in [-0.05, 0) is 23.6 Å². The van der Waals surface area contributed by atoms with E-state index in [9.17, 15) is 0 Å². The summed E-state index contributed by atoms with van der Waals surface area (Å²) in [5.74, 6) is 0. The molecule has 0 radical (unpaired) electrons. The van der Waals surface area contributed by atoms with E-state index in [-0.39, 0.29) is 0 Å². The third kappa shape index (κ3) is 2.09. The summed E-state index contributed by atoms with van der Waals surface area (Å²) in [6, 6.07) is 10.1. The molecule has 0 fully saturated rings. The molecule has 2 heterocycles. The van der Waals surface area contributed by atoms with Gasteiger partial charge in [0.25, 0.3) is 6.01 Å². The first-order valence-corrected chi connectivity index (χ1v) is 6.11. The van der Waals surface area contributed by atoms with Gasteiger partial charge in [-0.1, -0.05) is 6.07 Å². The van der Waals surface area contributed by atoms with Crippen molar-refractivity contribution in [2.45, 2.75) is 6.54 Å². The molecule has 0 unspecified atom stereocenters. The zero-order valence-electron chi connectivity index (χ0n) is 9.01. The Morgan fingerprint density at radius 2 is 2.29 bits per heavy atom. The van der Waals surface area contributed by atoms with E-state index in [1.807, 2.05) is 23.6 Å². The van der Waals surface area contributed by atoms with Gasteiger partial charge in [-0.3, -0.25) is 0 Å². The number of benzene rings is 1. The summed E-state index contributed by atoms with van der Waals surface area (Å²) < 4.78 is 5.55. The minimum Gasteiger partial charge on any atom is -0.423 e. The van der Waals surface area contributed by atoms with Gasteiger partial charge in [0.2, 0.25) is 0 Å². The summed E-state index contributed by atoms with van der Waals surface area (Å²) in [5, 5.41) is 5.19. The largest absolute Gasteiger partial charge is 0.423 e. The summed E-state index contributed by atoms with van der Waals surface area (Å²) in [7, 11) is 0. The molecular formula is C12H11N3OS. The van der Waals surface area contributed by atoms with E-state index in [1.165, 1.54) is 4.88 Å². The smallest absolute Gasteiger partial charge is 0.295 e. The van der Waals surface area contributed by atoms with Crippen LogP contribution < -0.4 is 11.1 Å². The van der Waals surface area contributed by atoms with Crippen molar-refractivity contribution in [2.24, 2.45) is 0 Å². The Labute approximate surface area is 102 Å². The van der Waals surface area contributed by atoms with Crippen molar-refractivity contribution < 1.29 is 4.42 Å². The minimum absolute atomic E-state index is 0.527. The van der Waals surface area contributed by atoms with E-state index in [0.29, 0.717) is 17.3 Å². The monoisotopic (exact) mass is 245 g/mol. The molecule has 3 N–H and O–H groups in total. The Bertz CT molecular complexity index is 630. The van der Waals surface area contributed by atoms with Crippen LogP contribution in [0, 0.1) is 0 Å². The summed E-state index contributed by atoms with van der Waals surface area (Å²) in [6.07, 6.45) is 0. The van der Waals surface area contributed by atoms with Crippen LogP contribution in [0.5, 0.6) is 0 Å². The number of oxazole rings is 1. The number of aromatic nitrogens is 1. The molecule has 0 bridgehead atoms. The average molecular weight is 245 g/mol. The van der Waals surface area contributed by atoms with Gasteiger partial charge in [-0.2, -0.15) is 4.98 Å². The highest BCUT2D eigenvalue weighted by molar-refractivity contribution is 7.09. The number of fused-ring (bicyclic) bond motifs is 1. The summed E-state index contributed by atoms with van der Waals surface area (Å²) in [5.41, 5.74) is 7.88. The number of nitrogens with zero attached hydrogens (tertiary/aromatic N) is 1. The zero-order chi connectivity index (χ0) is 11.7. The van der Waals surface area contributed by atoms with Crippen LogP contribution >= 0.6 is 11.3 Å². The van der Waals surface area contributed by atoms with Crippen LogP contribution in [0.2, 0.25) is 0 Å². The zero-order valence-corrected chi connectivity index (χ0v) is 9.83. The Kier molecular flexibility index (Phi) is 2.45. The van der Waals surface area contributed by atoms with Crippen molar-refractivity contribution in [3.63, 3.8) is 0 Å². The van der Waals surface area contributed by atoms with Crippen LogP contribution in [-0.4, -0.2) is 4.98 Å². The Morgan fingerprint density at radius 1 is 1.35 bits per heavy atom. The van der Waals surface area contributed by atoms with Crippen molar-refractivity contribution >= 4 is 34.1 Å². The molecule has 0 aliphatic rings. The van der Waals surface area contributed by atoms with Gasteiger partial charge in [0.1, 0.15) is 5.52 Å². The Morgan fingerprint density at radius 3 is 3.12 bits per heavy atom. The van der Waals surface area contributed by atoms with Crippen molar-refractivity contribution in [1.82, 2.24) is 4.98 Å². The van der Waals surface area contributed by atoms with Crippen LogP contribution in [0.1, 0.15) is 4.88 Å². The molecule has 17 heavy (non-hydrogen) atoms. The van der Waals surface area contributed by atoms with Gasteiger partial charge in [0.15, 0.2) is 5.58 Å². The third-order valence-electron chi connectivity index (χ3n) is 2.41. The highest BCUT2D eigenvalue weighted by atomic mass is 32.1. The summed E-state index contributed by atoms with van der Waals surface area (Å²) in [4.78, 5) is 5.57. The fraction of sp³-hybridized carbons (Fsp3) is 0.0833. The number of hydrogen-bond acceptors (Lipinski definition) is 5. The molecule has 3 aromatic rings. The standard InChI is InChI=1S/C12H11N3OS/c13-8-3-4-10-11(6-8)16-12(15-10)14-7-9-2-1-5-17-9/h1-6H,7,13H2,(H,14,15). The summed E-state index contributed by atoms with van der Waals surface area (Å²) >= 11 is 1.70. The SMILES string of the molecule is Nc1ccc2nc(NCc3cccs3)oc2c1. The lowest BCUT2D eigenvalue weighted by Crippen LogP contribution is -1.96. The first-order valence-electron chi connectivity index (χ1n) is 5.23. The second kappa shape index (κ2) is 4.10. The second-order valence-corrected chi connectivity index (χ2v) is 4.71. The maximum absolute atomic E-state index is 5.68. The molecule has 5 heteroatoms. The minimum atomic E-state index is 0.527. The highest BCUT2D eigenvalue weighted by Crippen LogP contribution is 2.21. The molecule has 2 aromatic heterocycles. The topological polar surface area (TPSA) is 64.1 Å². The fourth-order valence-corrected chi connectivity index (χ4v) is 2.24. The lowest BCUT2D eigenvalue weighted by atomic mass is 10.3. The number of hydrogen-bond donors (Lipinski definition) is 2. The number of rotatable bonds is 3. The number of nitrogens with one attached hydrogen (secondary N) is 1. The first kappa shape index (κ1) is 10.2. The lowest BCUT2D eigenvalue weighted by molar-refractivity contribution is 0.615. The molecule has 1 aromatic carbocycles. The molecule has 0 aliphatic carbocycles. The van der Waals surface area contributed by atoms with Crippen molar-refractivity contribution in [1.29, 1.82) is 0 Å². The van der Waals surface area contributed by atoms with E-state index in [2.05, 4.69) is 16.4 Å². The van der Waals surface area contributed by atoms with E-state index < -0.39 is 0 Å². The fourth-order valence-electron chi connectivity index (χ4n) is 1.59. The molecule has 0 amide bonds. The van der Waals surface area contributed by atoms with Gasteiger partial charge in [-0.25, -0.2) is 0 Å². The molecule has 86 valence electrons. The van der Waals surface area contributed by atoms with E-state index in [1.54, 1.807) is 17.4 Å². The first-order chi connectivity index (χ1) is 8.31. The molecule has 0 saturated heterocycles. The third-order valence-corrected chi connectivity index (χ3v) is 3.28. The molecule has 0 spiro atoms. The number of thiophene rings is 1. The van der Waals surface area contributed by atoms with Gasteiger partial charge in [0, 0.05) is 16.6 Å². The van der Waals surface area contributed by atoms with Crippen LogP contribution in [0.4, 0.5) is 11.7 Å². The van der Waals surface area contributed by atoms with Gasteiger partial charge >= 0.3 is 0 Å². The number of anilines is 2. The van der Waals surface area contributed by atoms with Crippen LogP contribution in [0.3, 0.4) is 0 Å². The highest BCUT2D eigenvalue weighted by Gasteiger charge is 2.05. The lowest BCUT2D eigenvalue weighted by Gasteiger charge is -1.97. The number of nitrogens with two attached hydrogens (primary N) is 1. The predicted molar refractivity (Wildman–Crippen MR) is 70.1 cm³/mol. The normalized spacial score (nSPS) is 10.8. The van der Waals surface area contributed by atoms with E-state index >= 15 is 0 Å². The molecular weight excluding hydrogens is 234 g/mol. The Balaban J connectivity index is 1.81. The molecule has 4 nitrogen and oxygen atoms in total. The molecule has 0 saturated carbocycles. The van der Waals surface area contributed by atoms with Crippen molar-refractivity contribution in [3.8, 4) is 0 Å². The molecule has 3 rings (SSSR count). The van der Waals surface area contributed by atoms with Crippen LogP contribution in [-0.2, 0) is 6.54 Å². The molecule has 0 atom stereocenters. The Hall–Kier alpha value is -2.01. The van der Waals surface area contributed by atoms with Crippen LogP contribution in [0.25, 0.3) is 11.1 Å². The maximum Gasteiger partial charge on any atom is 0.295 e. The predicted octanol–water partition coefficient (Wildman–Crippen LogP) is 3.08. The summed E-state index contributed by atoms with van der Waals surface area (Å²) in [6.45, 7) is 0.722. The van der Waals surface area contributed by atoms with Crippen LogP contribution in [0.15, 0.2) is 40.1 Å². The average Bonchev–Trinajstić information content (AvgIpc) is 2.94.